The Balaban J connectivity index is 2.86. The highest BCUT2D eigenvalue weighted by Gasteiger charge is 2.29. The van der Waals surface area contributed by atoms with E-state index >= 15 is 0 Å². The highest BCUT2D eigenvalue weighted by Crippen LogP contribution is 2.01. The van der Waals surface area contributed by atoms with Crippen molar-refractivity contribution in [3.8, 4) is 0 Å². The molecule has 0 saturated carbocycles. The van der Waals surface area contributed by atoms with Crippen molar-refractivity contribution in [2.24, 2.45) is 5.73 Å². The van der Waals surface area contributed by atoms with E-state index in [1.807, 2.05) is 0 Å². The fourth-order valence-electron chi connectivity index (χ4n) is 2.03. The van der Waals surface area contributed by atoms with Crippen LogP contribution in [0, 0.1) is 0 Å². The van der Waals surface area contributed by atoms with Crippen molar-refractivity contribution in [1.29, 1.82) is 0 Å². The molecule has 3 amide bonds. The van der Waals surface area contributed by atoms with Crippen LogP contribution in [0.2, 0.25) is 0 Å². The van der Waals surface area contributed by atoms with Gasteiger partial charge in [-0.05, 0) is 6.92 Å². The zero-order valence-corrected chi connectivity index (χ0v) is 16.0. The van der Waals surface area contributed by atoms with Crippen molar-refractivity contribution in [2.75, 3.05) is 12.4 Å². The number of carbonyl (C=O) groups is 4. The average molecular weight is 416 g/mol. The van der Waals surface area contributed by atoms with Gasteiger partial charge < -0.3 is 36.9 Å². The number of aromatic nitrogens is 2. The second-order valence-electron chi connectivity index (χ2n) is 5.94. The molecule has 4 unspecified atom stereocenters. The van der Waals surface area contributed by atoms with Crippen LogP contribution in [0.4, 0.5) is 0 Å². The lowest BCUT2D eigenvalue weighted by atomic mass is 10.1. The summed E-state index contributed by atoms with van der Waals surface area (Å²) < 4.78 is 0. The molecule has 12 nitrogen and oxygen atoms in total. The number of carboxylic acids is 1. The fourth-order valence-corrected chi connectivity index (χ4v) is 2.29. The van der Waals surface area contributed by atoms with Gasteiger partial charge in [-0.2, -0.15) is 12.6 Å². The Morgan fingerprint density at radius 3 is 2.29 bits per heavy atom. The summed E-state index contributed by atoms with van der Waals surface area (Å²) in [4.78, 5) is 54.2. The van der Waals surface area contributed by atoms with Gasteiger partial charge in [0, 0.05) is 24.1 Å². The van der Waals surface area contributed by atoms with Gasteiger partial charge in [-0.3, -0.25) is 19.2 Å². The summed E-state index contributed by atoms with van der Waals surface area (Å²) in [5, 5.41) is 24.9. The van der Waals surface area contributed by atoms with Crippen molar-refractivity contribution < 1.29 is 29.4 Å². The van der Waals surface area contributed by atoms with Crippen molar-refractivity contribution in [3.05, 3.63) is 18.2 Å². The molecule has 0 aromatic carbocycles. The summed E-state index contributed by atoms with van der Waals surface area (Å²) in [6.07, 6.45) is 2.86. The molecule has 4 atom stereocenters. The van der Waals surface area contributed by atoms with Gasteiger partial charge in [-0.1, -0.05) is 0 Å². The smallest absolute Gasteiger partial charge is 0.325 e. The molecule has 0 radical (unpaired) electrons. The van der Waals surface area contributed by atoms with Crippen LogP contribution in [0.1, 0.15) is 12.6 Å². The standard InChI is InChI=1S/C15H24N6O6S/c1-7(15(26)27)19-14(25)11(5-28)21-13(24)10(2-8-3-17-6-18-8)20-12(23)9(16)4-22/h3,6-7,9-11,22,28H,2,4-5,16H2,1H3,(H,17,18)(H,19,25)(H,20,23)(H,21,24)(H,26,27). The quantitative estimate of drug-likeness (QED) is 0.172. The number of amides is 3. The molecule has 13 heteroatoms. The van der Waals surface area contributed by atoms with Crippen LogP contribution in [0.5, 0.6) is 0 Å². The van der Waals surface area contributed by atoms with E-state index in [1.165, 1.54) is 19.4 Å². The molecule has 1 heterocycles. The molecule has 0 saturated heterocycles. The number of nitrogens with zero attached hydrogens (tertiary/aromatic N) is 1. The molecule has 1 rings (SSSR count). The van der Waals surface area contributed by atoms with Gasteiger partial charge in [0.1, 0.15) is 24.2 Å². The maximum atomic E-state index is 12.6. The van der Waals surface area contributed by atoms with Crippen molar-refractivity contribution in [3.63, 3.8) is 0 Å². The number of thiol groups is 1. The highest BCUT2D eigenvalue weighted by molar-refractivity contribution is 7.80. The Labute approximate surface area is 166 Å². The second kappa shape index (κ2) is 11.3. The molecule has 28 heavy (non-hydrogen) atoms. The van der Waals surface area contributed by atoms with Crippen LogP contribution in [0.3, 0.4) is 0 Å². The van der Waals surface area contributed by atoms with E-state index in [-0.39, 0.29) is 12.2 Å². The zero-order chi connectivity index (χ0) is 21.3. The molecule has 0 aliphatic rings. The number of aliphatic carboxylic acids is 1. The van der Waals surface area contributed by atoms with Gasteiger partial charge in [0.05, 0.1) is 12.9 Å². The van der Waals surface area contributed by atoms with Crippen LogP contribution in [-0.2, 0) is 25.6 Å². The van der Waals surface area contributed by atoms with Gasteiger partial charge in [0.15, 0.2) is 0 Å². The number of carboxylic acid groups (broad SMARTS) is 1. The van der Waals surface area contributed by atoms with Gasteiger partial charge in [-0.25, -0.2) is 4.98 Å². The lowest BCUT2D eigenvalue weighted by molar-refractivity contribution is -0.141. The number of aromatic amines is 1. The predicted octanol–water partition coefficient (Wildman–Crippen LogP) is -3.24. The maximum Gasteiger partial charge on any atom is 0.325 e. The minimum absolute atomic E-state index is 0.0160. The summed E-state index contributed by atoms with van der Waals surface area (Å²) in [5.74, 6) is -3.55. The van der Waals surface area contributed by atoms with E-state index in [1.54, 1.807) is 0 Å². The minimum Gasteiger partial charge on any atom is -0.480 e. The molecule has 0 aliphatic heterocycles. The summed E-state index contributed by atoms with van der Waals surface area (Å²) in [6.45, 7) is 0.661. The third kappa shape index (κ3) is 7.17. The van der Waals surface area contributed by atoms with E-state index in [9.17, 15) is 19.2 Å². The topological polar surface area (TPSA) is 200 Å². The highest BCUT2D eigenvalue weighted by atomic mass is 32.1. The first kappa shape index (κ1) is 23.4. The number of nitrogens with two attached hydrogens (primary N) is 1. The number of H-pyrrole nitrogens is 1. The first-order chi connectivity index (χ1) is 13.2. The average Bonchev–Trinajstić information content (AvgIpc) is 3.17. The minimum atomic E-state index is -1.24. The number of aliphatic hydroxyl groups excluding tert-OH is 1. The van der Waals surface area contributed by atoms with E-state index in [4.69, 9.17) is 15.9 Å². The van der Waals surface area contributed by atoms with Crippen molar-refractivity contribution in [2.45, 2.75) is 37.5 Å². The first-order valence-electron chi connectivity index (χ1n) is 8.28. The molecule has 0 spiro atoms. The Hall–Kier alpha value is -2.64. The number of carbonyl (C=O) groups excluding carboxylic acids is 3. The van der Waals surface area contributed by atoms with Crippen LogP contribution in [0.25, 0.3) is 0 Å². The number of hydrogen-bond acceptors (Lipinski definition) is 8. The Bertz CT molecular complexity index is 685. The molecular formula is C15H24N6O6S. The molecule has 1 aromatic rings. The largest absolute Gasteiger partial charge is 0.480 e. The van der Waals surface area contributed by atoms with Crippen LogP contribution in [-0.4, -0.2) is 80.4 Å². The number of hydrogen-bond donors (Lipinski definition) is 8. The lowest BCUT2D eigenvalue weighted by Crippen LogP contribution is -2.58. The van der Waals surface area contributed by atoms with Crippen LogP contribution >= 0.6 is 12.6 Å². The predicted molar refractivity (Wildman–Crippen MR) is 100 cm³/mol. The third-order valence-corrected chi connectivity index (χ3v) is 4.06. The van der Waals surface area contributed by atoms with Gasteiger partial charge in [0.2, 0.25) is 17.7 Å². The van der Waals surface area contributed by atoms with E-state index < -0.39 is 54.5 Å². The SMILES string of the molecule is CC(NC(=O)C(CS)NC(=O)C(Cc1cnc[nH]1)NC(=O)C(N)CO)C(=O)O. The molecule has 0 bridgehead atoms. The van der Waals surface area contributed by atoms with Crippen LogP contribution < -0.4 is 21.7 Å². The van der Waals surface area contributed by atoms with E-state index in [0.717, 1.165) is 0 Å². The molecule has 0 fully saturated rings. The Kier molecular flexibility index (Phi) is 9.41. The molecule has 8 N–H and O–H groups in total. The normalized spacial score (nSPS) is 15.0. The fraction of sp³-hybridized carbons (Fsp3) is 0.533. The number of imidazole rings is 1. The van der Waals surface area contributed by atoms with Crippen molar-refractivity contribution >= 4 is 36.3 Å². The van der Waals surface area contributed by atoms with E-state index in [2.05, 4.69) is 38.5 Å². The monoisotopic (exact) mass is 416 g/mol. The first-order valence-corrected chi connectivity index (χ1v) is 8.91. The number of nitrogens with one attached hydrogen (secondary N) is 4. The third-order valence-electron chi connectivity index (χ3n) is 3.69. The molecule has 156 valence electrons. The van der Waals surface area contributed by atoms with Gasteiger partial charge in [-0.15, -0.1) is 0 Å². The summed E-state index contributed by atoms with van der Waals surface area (Å²) >= 11 is 4.00. The van der Waals surface area contributed by atoms with Gasteiger partial charge >= 0.3 is 5.97 Å². The number of rotatable bonds is 11. The van der Waals surface area contributed by atoms with Crippen molar-refractivity contribution in [1.82, 2.24) is 25.9 Å². The molecular weight excluding hydrogens is 392 g/mol. The summed E-state index contributed by atoms with van der Waals surface area (Å²) in [6, 6.07) is -4.64. The zero-order valence-electron chi connectivity index (χ0n) is 15.1. The maximum absolute atomic E-state index is 12.6. The lowest BCUT2D eigenvalue weighted by Gasteiger charge is -2.23. The molecule has 1 aromatic heterocycles. The second-order valence-corrected chi connectivity index (χ2v) is 6.31. The summed E-state index contributed by atoms with van der Waals surface area (Å²) in [7, 11) is 0. The molecule has 0 aliphatic carbocycles. The van der Waals surface area contributed by atoms with Gasteiger partial charge in [0.25, 0.3) is 0 Å². The van der Waals surface area contributed by atoms with E-state index in [0.29, 0.717) is 5.69 Å². The summed E-state index contributed by atoms with van der Waals surface area (Å²) in [5.41, 5.74) is 5.98. The number of aliphatic hydroxyl groups is 1. The Morgan fingerprint density at radius 1 is 1.18 bits per heavy atom. The van der Waals surface area contributed by atoms with Crippen LogP contribution in [0.15, 0.2) is 12.5 Å². The Morgan fingerprint density at radius 2 is 1.79 bits per heavy atom.